The van der Waals surface area contributed by atoms with Crippen molar-refractivity contribution in [3.63, 3.8) is 0 Å². The standard InChI is InChI=1S/C15H25N3O2S/c1-3-15(4-2)7-9-18(10-8-15)14-11-12(21(17,19)20)5-6-13(14)16/h5-6,11H,3-4,7-10,16H2,1-2H3,(H2,17,19,20). The van der Waals surface area contributed by atoms with E-state index in [0.29, 0.717) is 11.1 Å². The summed E-state index contributed by atoms with van der Waals surface area (Å²) in [4.78, 5) is 2.29. The summed E-state index contributed by atoms with van der Waals surface area (Å²) in [7, 11) is -3.70. The first kappa shape index (κ1) is 16.1. The molecule has 0 aliphatic carbocycles. The van der Waals surface area contributed by atoms with E-state index < -0.39 is 10.0 Å². The Labute approximate surface area is 127 Å². The molecule has 6 heteroatoms. The molecule has 0 atom stereocenters. The van der Waals surface area contributed by atoms with Crippen molar-refractivity contribution in [2.75, 3.05) is 23.7 Å². The van der Waals surface area contributed by atoms with Gasteiger partial charge in [-0.05, 0) is 36.5 Å². The molecule has 0 radical (unpaired) electrons. The smallest absolute Gasteiger partial charge is 0.238 e. The van der Waals surface area contributed by atoms with Gasteiger partial charge in [-0.15, -0.1) is 0 Å². The lowest BCUT2D eigenvalue weighted by molar-refractivity contribution is 0.199. The van der Waals surface area contributed by atoms with Crippen LogP contribution in [0, 0.1) is 5.41 Å². The van der Waals surface area contributed by atoms with Crippen LogP contribution in [0.15, 0.2) is 23.1 Å². The fourth-order valence-electron chi connectivity index (χ4n) is 3.15. The van der Waals surface area contributed by atoms with E-state index in [4.69, 9.17) is 10.9 Å². The minimum atomic E-state index is -3.70. The van der Waals surface area contributed by atoms with Crippen LogP contribution in [-0.2, 0) is 10.0 Å². The van der Waals surface area contributed by atoms with Crippen molar-refractivity contribution in [2.24, 2.45) is 10.6 Å². The highest BCUT2D eigenvalue weighted by molar-refractivity contribution is 7.89. The number of nitrogen functional groups attached to an aromatic ring is 1. The second-order valence-electron chi connectivity index (χ2n) is 5.96. The van der Waals surface area contributed by atoms with Crippen molar-refractivity contribution in [3.05, 3.63) is 18.2 Å². The lowest BCUT2D eigenvalue weighted by Gasteiger charge is -2.42. The van der Waals surface area contributed by atoms with E-state index in [2.05, 4.69) is 18.7 Å². The Hall–Kier alpha value is -1.27. The molecule has 1 fully saturated rings. The average Bonchev–Trinajstić information content (AvgIpc) is 2.47. The summed E-state index contributed by atoms with van der Waals surface area (Å²) in [6, 6.07) is 4.67. The molecule has 0 bridgehead atoms. The third-order valence-electron chi connectivity index (χ3n) is 5.00. The maximum Gasteiger partial charge on any atom is 0.238 e. The molecular formula is C15H25N3O2S. The number of nitrogens with two attached hydrogens (primary N) is 2. The number of sulfonamides is 1. The van der Waals surface area contributed by atoms with Crippen LogP contribution in [0.2, 0.25) is 0 Å². The summed E-state index contributed by atoms with van der Waals surface area (Å²) in [5.74, 6) is 0. The molecule has 1 heterocycles. The maximum atomic E-state index is 11.5. The largest absolute Gasteiger partial charge is 0.397 e. The minimum Gasteiger partial charge on any atom is -0.397 e. The van der Waals surface area contributed by atoms with Crippen LogP contribution in [0.1, 0.15) is 39.5 Å². The zero-order chi connectivity index (χ0) is 15.7. The summed E-state index contributed by atoms with van der Waals surface area (Å²) in [5, 5.41) is 5.20. The maximum absolute atomic E-state index is 11.5. The van der Waals surface area contributed by atoms with Gasteiger partial charge < -0.3 is 10.6 Å². The summed E-state index contributed by atoms with van der Waals surface area (Å²) in [6.45, 7) is 6.30. The number of hydrogen-bond donors (Lipinski definition) is 2. The van der Waals surface area contributed by atoms with Gasteiger partial charge in [0.25, 0.3) is 0 Å². The summed E-state index contributed by atoms with van der Waals surface area (Å²) in [6.07, 6.45) is 4.59. The number of benzene rings is 1. The van der Waals surface area contributed by atoms with Crippen LogP contribution < -0.4 is 15.8 Å². The van der Waals surface area contributed by atoms with Crippen LogP contribution >= 0.6 is 0 Å². The molecule has 0 aromatic heterocycles. The Balaban J connectivity index is 2.24. The third kappa shape index (κ3) is 3.32. The van der Waals surface area contributed by atoms with Crippen LogP contribution in [-0.4, -0.2) is 21.5 Å². The molecule has 5 nitrogen and oxygen atoms in total. The van der Waals surface area contributed by atoms with E-state index in [1.54, 1.807) is 12.1 Å². The Morgan fingerprint density at radius 1 is 1.19 bits per heavy atom. The molecule has 1 aliphatic heterocycles. The first-order valence-corrected chi connectivity index (χ1v) is 9.03. The van der Waals surface area contributed by atoms with Gasteiger partial charge in [0, 0.05) is 13.1 Å². The van der Waals surface area contributed by atoms with E-state index in [1.165, 1.54) is 18.9 Å². The van der Waals surface area contributed by atoms with E-state index >= 15 is 0 Å². The van der Waals surface area contributed by atoms with Gasteiger partial charge in [0.2, 0.25) is 10.0 Å². The predicted octanol–water partition coefficient (Wildman–Crippen LogP) is 2.32. The van der Waals surface area contributed by atoms with Gasteiger partial charge in [0.05, 0.1) is 16.3 Å². The van der Waals surface area contributed by atoms with Gasteiger partial charge in [0.15, 0.2) is 0 Å². The third-order valence-corrected chi connectivity index (χ3v) is 5.91. The fraction of sp³-hybridized carbons (Fsp3) is 0.600. The van der Waals surface area contributed by atoms with Crippen molar-refractivity contribution in [1.29, 1.82) is 0 Å². The van der Waals surface area contributed by atoms with E-state index in [9.17, 15) is 8.42 Å². The SMILES string of the molecule is CCC1(CC)CCN(c2cc(S(N)(=O)=O)ccc2N)CC1. The van der Waals surface area contributed by atoms with E-state index in [-0.39, 0.29) is 4.90 Å². The van der Waals surface area contributed by atoms with Crippen molar-refractivity contribution in [3.8, 4) is 0 Å². The Morgan fingerprint density at radius 2 is 1.76 bits per heavy atom. The first-order valence-electron chi connectivity index (χ1n) is 7.48. The topological polar surface area (TPSA) is 89.4 Å². The second-order valence-corrected chi connectivity index (χ2v) is 7.52. The molecule has 1 aromatic rings. The molecule has 0 amide bonds. The van der Waals surface area contributed by atoms with Crippen molar-refractivity contribution >= 4 is 21.4 Å². The molecule has 1 saturated heterocycles. The highest BCUT2D eigenvalue weighted by atomic mass is 32.2. The van der Waals surface area contributed by atoms with Gasteiger partial charge in [-0.25, -0.2) is 13.6 Å². The van der Waals surface area contributed by atoms with Gasteiger partial charge in [-0.2, -0.15) is 0 Å². The molecule has 1 aliphatic rings. The van der Waals surface area contributed by atoms with Crippen LogP contribution in [0.5, 0.6) is 0 Å². The zero-order valence-electron chi connectivity index (χ0n) is 12.8. The van der Waals surface area contributed by atoms with Gasteiger partial charge in [0.1, 0.15) is 0 Å². The van der Waals surface area contributed by atoms with Crippen LogP contribution in [0.3, 0.4) is 0 Å². The van der Waals surface area contributed by atoms with Gasteiger partial charge >= 0.3 is 0 Å². The number of rotatable bonds is 4. The lowest BCUT2D eigenvalue weighted by atomic mass is 9.74. The van der Waals surface area contributed by atoms with Crippen molar-refractivity contribution in [1.82, 2.24) is 0 Å². The highest BCUT2D eigenvalue weighted by Crippen LogP contribution is 2.40. The normalized spacial score (nSPS) is 18.7. The number of anilines is 2. The Kier molecular flexibility index (Phi) is 4.49. The van der Waals surface area contributed by atoms with Gasteiger partial charge in [-0.3, -0.25) is 0 Å². The first-order chi connectivity index (χ1) is 9.81. The van der Waals surface area contributed by atoms with E-state index in [0.717, 1.165) is 31.6 Å². The summed E-state index contributed by atoms with van der Waals surface area (Å²) in [5.41, 5.74) is 7.82. The number of primary sulfonamides is 1. The number of piperidine rings is 1. The number of hydrogen-bond acceptors (Lipinski definition) is 4. The monoisotopic (exact) mass is 311 g/mol. The number of nitrogens with zero attached hydrogens (tertiary/aromatic N) is 1. The molecule has 21 heavy (non-hydrogen) atoms. The molecule has 0 spiro atoms. The lowest BCUT2D eigenvalue weighted by Crippen LogP contribution is -2.40. The van der Waals surface area contributed by atoms with Crippen molar-refractivity contribution < 1.29 is 8.42 Å². The molecule has 0 saturated carbocycles. The highest BCUT2D eigenvalue weighted by Gasteiger charge is 2.31. The average molecular weight is 311 g/mol. The molecular weight excluding hydrogens is 286 g/mol. The molecule has 118 valence electrons. The molecule has 0 unspecified atom stereocenters. The quantitative estimate of drug-likeness (QED) is 0.835. The minimum absolute atomic E-state index is 0.120. The fourth-order valence-corrected chi connectivity index (χ4v) is 3.69. The van der Waals surface area contributed by atoms with Crippen LogP contribution in [0.25, 0.3) is 0 Å². The predicted molar refractivity (Wildman–Crippen MR) is 86.7 cm³/mol. The van der Waals surface area contributed by atoms with Crippen molar-refractivity contribution in [2.45, 2.75) is 44.4 Å². The second kappa shape index (κ2) is 5.85. The molecule has 4 N–H and O–H groups in total. The summed E-state index contributed by atoms with van der Waals surface area (Å²) >= 11 is 0. The van der Waals surface area contributed by atoms with E-state index in [1.807, 2.05) is 0 Å². The summed E-state index contributed by atoms with van der Waals surface area (Å²) < 4.78 is 23.0. The Morgan fingerprint density at radius 3 is 2.24 bits per heavy atom. The van der Waals surface area contributed by atoms with Gasteiger partial charge in [-0.1, -0.05) is 26.7 Å². The molecule has 1 aromatic carbocycles. The van der Waals surface area contributed by atoms with Crippen LogP contribution in [0.4, 0.5) is 11.4 Å². The zero-order valence-corrected chi connectivity index (χ0v) is 13.6. The Bertz CT molecular complexity index is 599. The molecule has 2 rings (SSSR count).